The molecule has 0 heterocycles. The zero-order chi connectivity index (χ0) is 12.7. The third-order valence-corrected chi connectivity index (χ3v) is 2.08. The Labute approximate surface area is 104 Å². The van der Waals surface area contributed by atoms with Crippen molar-refractivity contribution in [2.24, 2.45) is 4.99 Å². The van der Waals surface area contributed by atoms with E-state index in [0.717, 1.165) is 0 Å². The number of halogens is 1. The zero-order valence-electron chi connectivity index (χ0n) is 9.14. The van der Waals surface area contributed by atoms with Crippen molar-refractivity contribution < 1.29 is 14.3 Å². The van der Waals surface area contributed by atoms with Crippen LogP contribution in [0.5, 0.6) is 0 Å². The molecule has 0 spiro atoms. The molecule has 0 saturated carbocycles. The average molecular weight is 252 g/mol. The first-order valence-electron chi connectivity index (χ1n) is 4.89. The topological polar surface area (TPSA) is 55.7 Å². The fourth-order valence-electron chi connectivity index (χ4n) is 1.11. The number of ether oxygens (including phenoxy) is 1. The minimum atomic E-state index is -0.661. The second kappa shape index (κ2) is 6.63. The summed E-state index contributed by atoms with van der Waals surface area (Å²) in [6.45, 7) is 1.88. The van der Waals surface area contributed by atoms with Crippen LogP contribution in [-0.2, 0) is 14.3 Å². The molecule has 88 valence electrons. The van der Waals surface area contributed by atoms with Crippen molar-refractivity contribution in [1.29, 1.82) is 0 Å². The molecule has 0 aromatic heterocycles. The number of benzene rings is 1. The molecule has 0 atom stereocenters. The van der Waals surface area contributed by atoms with Crippen LogP contribution >= 0.6 is 11.6 Å². The van der Waals surface area contributed by atoms with Gasteiger partial charge in [0.25, 0.3) is 0 Å². The van der Waals surface area contributed by atoms with E-state index in [0.29, 0.717) is 10.6 Å². The fraction of sp³-hybridized carbons (Fsp3) is 0.167. The summed E-state index contributed by atoms with van der Waals surface area (Å²) in [5.41, 5.74) is 0.598. The first kappa shape index (κ1) is 13.2. The molecule has 0 radical (unpaired) electrons. The molecular weight excluding hydrogens is 242 g/mol. The van der Waals surface area contributed by atoms with Crippen LogP contribution in [0.3, 0.4) is 0 Å². The van der Waals surface area contributed by atoms with E-state index < -0.39 is 5.97 Å². The average Bonchev–Trinajstić information content (AvgIpc) is 2.31. The van der Waals surface area contributed by atoms with Gasteiger partial charge in [0.2, 0.25) is 6.08 Å². The molecule has 5 heteroatoms. The summed E-state index contributed by atoms with van der Waals surface area (Å²) in [4.78, 5) is 24.9. The Bertz CT molecular complexity index is 473. The van der Waals surface area contributed by atoms with Gasteiger partial charge in [-0.05, 0) is 30.7 Å². The molecule has 0 aliphatic carbocycles. The number of carbonyl (C=O) groups excluding carboxylic acids is 2. The number of hydrogen-bond acceptors (Lipinski definition) is 4. The van der Waals surface area contributed by atoms with E-state index in [1.165, 1.54) is 12.2 Å². The van der Waals surface area contributed by atoms with Crippen LogP contribution in [0.25, 0.3) is 6.08 Å². The van der Waals surface area contributed by atoms with Crippen LogP contribution < -0.4 is 0 Å². The van der Waals surface area contributed by atoms with E-state index in [-0.39, 0.29) is 12.3 Å². The van der Waals surface area contributed by atoms with E-state index in [1.807, 2.05) is 0 Å². The second-order valence-electron chi connectivity index (χ2n) is 3.00. The van der Waals surface area contributed by atoms with Crippen LogP contribution in [0, 0.1) is 0 Å². The molecule has 1 aromatic carbocycles. The molecule has 0 aliphatic rings. The minimum Gasteiger partial charge on any atom is -0.461 e. The maximum Gasteiger partial charge on any atom is 0.357 e. The van der Waals surface area contributed by atoms with Crippen LogP contribution in [0.1, 0.15) is 12.5 Å². The first-order valence-corrected chi connectivity index (χ1v) is 5.27. The van der Waals surface area contributed by atoms with Crippen molar-refractivity contribution in [2.45, 2.75) is 6.92 Å². The van der Waals surface area contributed by atoms with Gasteiger partial charge in [-0.15, -0.1) is 0 Å². The molecule has 1 rings (SSSR count). The molecule has 17 heavy (non-hydrogen) atoms. The van der Waals surface area contributed by atoms with Gasteiger partial charge in [0, 0.05) is 5.02 Å². The van der Waals surface area contributed by atoms with Crippen LogP contribution in [0.2, 0.25) is 5.02 Å². The van der Waals surface area contributed by atoms with E-state index in [9.17, 15) is 9.59 Å². The molecular formula is C12H10ClNO3. The van der Waals surface area contributed by atoms with Crippen molar-refractivity contribution in [3.05, 3.63) is 40.5 Å². The van der Waals surface area contributed by atoms with E-state index in [1.54, 1.807) is 31.2 Å². The Kier molecular flexibility index (Phi) is 5.14. The SMILES string of the molecule is CCOC(=O)/C(=C/c1ccc(Cl)cc1)N=C=O. The van der Waals surface area contributed by atoms with Gasteiger partial charge >= 0.3 is 5.97 Å². The van der Waals surface area contributed by atoms with Gasteiger partial charge < -0.3 is 4.74 Å². The molecule has 4 nitrogen and oxygen atoms in total. The van der Waals surface area contributed by atoms with Crippen molar-refractivity contribution in [3.8, 4) is 0 Å². The van der Waals surface area contributed by atoms with Crippen molar-refractivity contribution in [3.63, 3.8) is 0 Å². The Morgan fingerprint density at radius 2 is 2.12 bits per heavy atom. The number of isocyanates is 1. The predicted octanol–water partition coefficient (Wildman–Crippen LogP) is 2.58. The summed E-state index contributed by atoms with van der Waals surface area (Å²) < 4.78 is 4.75. The van der Waals surface area contributed by atoms with Gasteiger partial charge in [0.1, 0.15) is 0 Å². The smallest absolute Gasteiger partial charge is 0.357 e. The van der Waals surface area contributed by atoms with Crippen molar-refractivity contribution in [1.82, 2.24) is 0 Å². The van der Waals surface area contributed by atoms with Crippen molar-refractivity contribution >= 4 is 29.7 Å². The number of nitrogens with zero attached hydrogens (tertiary/aromatic N) is 1. The maximum absolute atomic E-state index is 11.4. The fourth-order valence-corrected chi connectivity index (χ4v) is 1.23. The largest absolute Gasteiger partial charge is 0.461 e. The first-order chi connectivity index (χ1) is 8.17. The van der Waals surface area contributed by atoms with Crippen LogP contribution in [0.15, 0.2) is 35.0 Å². The normalized spacial score (nSPS) is 10.6. The molecule has 0 fully saturated rings. The standard InChI is InChI=1S/C12H10ClNO3/c1-2-17-12(16)11(14-8-15)7-9-3-5-10(13)6-4-9/h3-7H,2H2,1H3/b11-7-. The highest BCUT2D eigenvalue weighted by atomic mass is 35.5. The quantitative estimate of drug-likeness (QED) is 0.358. The summed E-state index contributed by atoms with van der Waals surface area (Å²) in [7, 11) is 0. The molecule has 0 saturated heterocycles. The molecule has 0 unspecified atom stereocenters. The summed E-state index contributed by atoms with van der Waals surface area (Å²) in [5.74, 6) is -0.661. The van der Waals surface area contributed by atoms with Crippen molar-refractivity contribution in [2.75, 3.05) is 6.61 Å². The Balaban J connectivity index is 3.01. The summed E-state index contributed by atoms with van der Waals surface area (Å²) in [6.07, 6.45) is 2.75. The van der Waals surface area contributed by atoms with Gasteiger partial charge in [-0.3, -0.25) is 0 Å². The van der Waals surface area contributed by atoms with Gasteiger partial charge in [0.05, 0.1) is 6.61 Å². The number of rotatable bonds is 4. The number of carbonyl (C=O) groups is 1. The molecule has 0 aliphatic heterocycles. The Morgan fingerprint density at radius 3 is 2.65 bits per heavy atom. The van der Waals surface area contributed by atoms with E-state index in [4.69, 9.17) is 16.3 Å². The maximum atomic E-state index is 11.4. The monoisotopic (exact) mass is 251 g/mol. The highest BCUT2D eigenvalue weighted by Crippen LogP contribution is 2.13. The highest BCUT2D eigenvalue weighted by Gasteiger charge is 2.09. The minimum absolute atomic E-state index is 0.0934. The van der Waals surface area contributed by atoms with Gasteiger partial charge in [0.15, 0.2) is 5.70 Å². The van der Waals surface area contributed by atoms with E-state index in [2.05, 4.69) is 4.99 Å². The Morgan fingerprint density at radius 1 is 1.47 bits per heavy atom. The Hall–Kier alpha value is -1.90. The third-order valence-electron chi connectivity index (χ3n) is 1.82. The van der Waals surface area contributed by atoms with E-state index >= 15 is 0 Å². The molecule has 1 aromatic rings. The number of hydrogen-bond donors (Lipinski definition) is 0. The number of esters is 1. The lowest BCUT2D eigenvalue weighted by atomic mass is 10.2. The summed E-state index contributed by atoms with van der Waals surface area (Å²) in [6, 6.07) is 6.73. The van der Waals surface area contributed by atoms with Crippen LogP contribution in [0.4, 0.5) is 0 Å². The lowest BCUT2D eigenvalue weighted by molar-refractivity contribution is -0.138. The number of aliphatic imine (C=N–C) groups is 1. The summed E-state index contributed by atoms with van der Waals surface area (Å²) in [5, 5.41) is 0.582. The van der Waals surface area contributed by atoms with Gasteiger partial charge in [-0.1, -0.05) is 23.7 Å². The zero-order valence-corrected chi connectivity index (χ0v) is 9.90. The van der Waals surface area contributed by atoms with Gasteiger partial charge in [-0.25, -0.2) is 9.59 Å². The third kappa shape index (κ3) is 4.23. The molecule has 0 N–H and O–H groups in total. The lowest BCUT2D eigenvalue weighted by Gasteiger charge is -2.00. The second-order valence-corrected chi connectivity index (χ2v) is 3.44. The molecule has 0 bridgehead atoms. The van der Waals surface area contributed by atoms with Crippen LogP contribution in [-0.4, -0.2) is 18.7 Å². The van der Waals surface area contributed by atoms with Gasteiger partial charge in [-0.2, -0.15) is 4.99 Å². The lowest BCUT2D eigenvalue weighted by Crippen LogP contribution is -2.05. The molecule has 0 amide bonds. The summed E-state index contributed by atoms with van der Waals surface area (Å²) >= 11 is 5.72. The highest BCUT2D eigenvalue weighted by molar-refractivity contribution is 6.30. The predicted molar refractivity (Wildman–Crippen MR) is 64.2 cm³/mol.